The van der Waals surface area contributed by atoms with E-state index in [4.69, 9.17) is 9.47 Å². The van der Waals surface area contributed by atoms with Crippen molar-refractivity contribution in [3.05, 3.63) is 12.2 Å². The molecule has 0 aromatic rings. The van der Waals surface area contributed by atoms with Gasteiger partial charge in [-0.25, -0.2) is 0 Å². The molecule has 0 saturated carbocycles. The SMILES string of the molecule is C=C(C)CN1CCC(NC(=NC)NCC2(OC)CCOCC2)CC1. The molecule has 0 atom stereocenters. The van der Waals surface area contributed by atoms with Crippen molar-refractivity contribution in [2.24, 2.45) is 4.99 Å². The number of hydrogen-bond acceptors (Lipinski definition) is 4. The Balaban J connectivity index is 1.75. The van der Waals surface area contributed by atoms with E-state index in [1.165, 1.54) is 5.57 Å². The van der Waals surface area contributed by atoms with Gasteiger partial charge in [0, 0.05) is 72.4 Å². The van der Waals surface area contributed by atoms with E-state index in [2.05, 4.69) is 34.0 Å². The first kappa shape index (κ1) is 19.2. The smallest absolute Gasteiger partial charge is 0.191 e. The predicted octanol–water partition coefficient (Wildman–Crippen LogP) is 1.39. The van der Waals surface area contributed by atoms with Gasteiger partial charge < -0.3 is 20.1 Å². The third kappa shape index (κ3) is 5.76. The maximum atomic E-state index is 5.77. The van der Waals surface area contributed by atoms with Crippen LogP contribution in [-0.4, -0.2) is 76.1 Å². The lowest BCUT2D eigenvalue weighted by Gasteiger charge is -2.37. The first-order chi connectivity index (χ1) is 11.6. The predicted molar refractivity (Wildman–Crippen MR) is 98.6 cm³/mol. The van der Waals surface area contributed by atoms with Crippen LogP contribution >= 0.6 is 0 Å². The van der Waals surface area contributed by atoms with E-state index in [0.29, 0.717) is 6.04 Å². The molecule has 0 amide bonds. The molecule has 2 N–H and O–H groups in total. The highest BCUT2D eigenvalue weighted by atomic mass is 16.5. The van der Waals surface area contributed by atoms with E-state index in [1.54, 1.807) is 7.11 Å². The Morgan fingerprint density at radius 1 is 1.33 bits per heavy atom. The highest BCUT2D eigenvalue weighted by Crippen LogP contribution is 2.23. The van der Waals surface area contributed by atoms with E-state index in [9.17, 15) is 0 Å². The number of rotatable bonds is 6. The van der Waals surface area contributed by atoms with Gasteiger partial charge >= 0.3 is 0 Å². The van der Waals surface area contributed by atoms with E-state index < -0.39 is 0 Å². The topological polar surface area (TPSA) is 58.1 Å². The lowest BCUT2D eigenvalue weighted by molar-refractivity contribution is -0.0855. The molecule has 6 heteroatoms. The Morgan fingerprint density at radius 3 is 2.54 bits per heavy atom. The molecule has 0 radical (unpaired) electrons. The molecule has 2 aliphatic heterocycles. The molecule has 0 unspecified atom stereocenters. The van der Waals surface area contributed by atoms with Gasteiger partial charge in [0.05, 0.1) is 5.60 Å². The maximum Gasteiger partial charge on any atom is 0.191 e. The fourth-order valence-electron chi connectivity index (χ4n) is 3.45. The second-order valence-electron chi connectivity index (χ2n) is 7.08. The van der Waals surface area contributed by atoms with Gasteiger partial charge in [0.1, 0.15) is 0 Å². The van der Waals surface area contributed by atoms with Gasteiger partial charge in [-0.2, -0.15) is 0 Å². The van der Waals surface area contributed by atoms with Crippen LogP contribution in [0.4, 0.5) is 0 Å². The van der Waals surface area contributed by atoms with E-state index in [1.807, 2.05) is 7.05 Å². The van der Waals surface area contributed by atoms with Crippen molar-refractivity contribution in [3.63, 3.8) is 0 Å². The molecular weight excluding hydrogens is 304 g/mol. The minimum Gasteiger partial charge on any atom is -0.381 e. The number of hydrogen-bond donors (Lipinski definition) is 2. The number of methoxy groups -OCH3 is 1. The average molecular weight is 338 g/mol. The minimum atomic E-state index is -0.138. The summed E-state index contributed by atoms with van der Waals surface area (Å²) in [5.74, 6) is 0.872. The molecule has 0 spiro atoms. The molecule has 2 heterocycles. The summed E-state index contributed by atoms with van der Waals surface area (Å²) in [6.07, 6.45) is 4.12. The minimum absolute atomic E-state index is 0.138. The number of likely N-dealkylation sites (tertiary alicyclic amines) is 1. The highest BCUT2D eigenvalue weighted by Gasteiger charge is 2.32. The molecular formula is C18H34N4O2. The summed E-state index contributed by atoms with van der Waals surface area (Å²) in [5.41, 5.74) is 1.10. The fourth-order valence-corrected chi connectivity index (χ4v) is 3.45. The number of ether oxygens (including phenoxy) is 2. The maximum absolute atomic E-state index is 5.77. The van der Waals surface area contributed by atoms with Gasteiger partial charge in [-0.1, -0.05) is 12.2 Å². The summed E-state index contributed by atoms with van der Waals surface area (Å²) in [6, 6.07) is 0.478. The van der Waals surface area contributed by atoms with E-state index in [0.717, 1.165) is 71.0 Å². The van der Waals surface area contributed by atoms with Crippen molar-refractivity contribution in [1.29, 1.82) is 0 Å². The number of piperidine rings is 1. The van der Waals surface area contributed by atoms with Crippen LogP contribution in [-0.2, 0) is 9.47 Å². The Hall–Kier alpha value is -1.11. The van der Waals surface area contributed by atoms with Gasteiger partial charge in [0.25, 0.3) is 0 Å². The number of nitrogens with zero attached hydrogens (tertiary/aromatic N) is 2. The summed E-state index contributed by atoms with van der Waals surface area (Å²) >= 11 is 0. The fraction of sp³-hybridized carbons (Fsp3) is 0.833. The Bertz CT molecular complexity index is 425. The zero-order valence-corrected chi connectivity index (χ0v) is 15.6. The Labute approximate surface area is 146 Å². The molecule has 2 fully saturated rings. The summed E-state index contributed by atoms with van der Waals surface area (Å²) in [4.78, 5) is 6.85. The molecule has 2 saturated heterocycles. The molecule has 2 aliphatic rings. The van der Waals surface area contributed by atoms with Crippen LogP contribution < -0.4 is 10.6 Å². The van der Waals surface area contributed by atoms with Crippen molar-refractivity contribution < 1.29 is 9.47 Å². The van der Waals surface area contributed by atoms with Crippen LogP contribution in [0.15, 0.2) is 17.1 Å². The lowest BCUT2D eigenvalue weighted by Crippen LogP contribution is -2.53. The molecule has 6 nitrogen and oxygen atoms in total. The molecule has 0 aromatic heterocycles. The van der Waals surface area contributed by atoms with Crippen molar-refractivity contribution >= 4 is 5.96 Å². The van der Waals surface area contributed by atoms with Gasteiger partial charge in [0.2, 0.25) is 0 Å². The van der Waals surface area contributed by atoms with Gasteiger partial charge in [0.15, 0.2) is 5.96 Å². The molecule has 24 heavy (non-hydrogen) atoms. The van der Waals surface area contributed by atoms with Crippen molar-refractivity contribution in [2.75, 3.05) is 53.6 Å². The number of nitrogens with one attached hydrogen (secondary N) is 2. The van der Waals surface area contributed by atoms with Crippen molar-refractivity contribution in [1.82, 2.24) is 15.5 Å². The van der Waals surface area contributed by atoms with Crippen LogP contribution in [0.5, 0.6) is 0 Å². The Morgan fingerprint density at radius 2 is 2.00 bits per heavy atom. The second-order valence-corrected chi connectivity index (χ2v) is 7.08. The Kier molecular flexibility index (Phi) is 7.52. The number of guanidine groups is 1. The number of aliphatic imine (C=N–C) groups is 1. The van der Waals surface area contributed by atoms with Gasteiger partial charge in [-0.3, -0.25) is 9.89 Å². The zero-order chi connectivity index (χ0) is 17.4. The first-order valence-corrected chi connectivity index (χ1v) is 9.04. The van der Waals surface area contributed by atoms with Crippen LogP contribution in [0, 0.1) is 0 Å². The molecule has 0 aromatic carbocycles. The average Bonchev–Trinajstić information content (AvgIpc) is 2.60. The monoisotopic (exact) mass is 338 g/mol. The molecule has 138 valence electrons. The standard InChI is InChI=1S/C18H34N4O2/c1-15(2)13-22-9-5-16(6-10-22)21-17(19-3)20-14-18(23-4)7-11-24-12-8-18/h16H,1,5-14H2,2-4H3,(H2,19,20,21). The molecule has 0 bridgehead atoms. The van der Waals surface area contributed by atoms with Crippen LogP contribution in [0.3, 0.4) is 0 Å². The third-order valence-corrected chi connectivity index (χ3v) is 5.06. The van der Waals surface area contributed by atoms with Gasteiger partial charge in [-0.15, -0.1) is 0 Å². The van der Waals surface area contributed by atoms with Gasteiger partial charge in [-0.05, 0) is 19.8 Å². The lowest BCUT2D eigenvalue weighted by atomic mass is 9.94. The van der Waals surface area contributed by atoms with E-state index in [-0.39, 0.29) is 5.60 Å². The van der Waals surface area contributed by atoms with Crippen LogP contribution in [0.25, 0.3) is 0 Å². The summed E-state index contributed by atoms with van der Waals surface area (Å²) in [5, 5.41) is 7.02. The second kappa shape index (κ2) is 9.39. The molecule has 0 aliphatic carbocycles. The van der Waals surface area contributed by atoms with Crippen LogP contribution in [0.2, 0.25) is 0 Å². The first-order valence-electron chi connectivity index (χ1n) is 9.04. The third-order valence-electron chi connectivity index (χ3n) is 5.06. The summed E-state index contributed by atoms with van der Waals surface area (Å²) in [6.45, 7) is 11.6. The zero-order valence-electron chi connectivity index (χ0n) is 15.6. The summed E-state index contributed by atoms with van der Waals surface area (Å²) < 4.78 is 11.2. The van der Waals surface area contributed by atoms with Crippen LogP contribution in [0.1, 0.15) is 32.6 Å². The largest absolute Gasteiger partial charge is 0.381 e. The summed E-state index contributed by atoms with van der Waals surface area (Å²) in [7, 11) is 3.62. The normalized spacial score (nSPS) is 23.0. The van der Waals surface area contributed by atoms with Crippen molar-refractivity contribution in [2.45, 2.75) is 44.2 Å². The molecule has 2 rings (SSSR count). The highest BCUT2D eigenvalue weighted by molar-refractivity contribution is 5.80. The van der Waals surface area contributed by atoms with E-state index >= 15 is 0 Å². The van der Waals surface area contributed by atoms with Crippen molar-refractivity contribution in [3.8, 4) is 0 Å². The quantitative estimate of drug-likeness (QED) is 0.435.